The molecule has 4 aromatic rings. The van der Waals surface area contributed by atoms with Gasteiger partial charge in [0.05, 0.1) is 17.4 Å². The topological polar surface area (TPSA) is 115 Å². The summed E-state index contributed by atoms with van der Waals surface area (Å²) in [6.45, 7) is -3.07. The highest BCUT2D eigenvalue weighted by Crippen LogP contribution is 2.41. The number of rotatable bonds is 7. The molecule has 0 aliphatic carbocycles. The lowest BCUT2D eigenvalue weighted by Gasteiger charge is -2.26. The minimum absolute atomic E-state index is 0.0306. The Morgan fingerprint density at radius 2 is 1.72 bits per heavy atom. The number of nitrogens with two attached hydrogens (primary N) is 1. The molecule has 0 radical (unpaired) electrons. The van der Waals surface area contributed by atoms with E-state index in [1.807, 2.05) is 0 Å². The Bertz CT molecular complexity index is 1720. The number of likely N-dealkylation sites (N-methyl/N-ethyl adjacent to an activating group) is 1. The van der Waals surface area contributed by atoms with Gasteiger partial charge in [-0.2, -0.15) is 27.1 Å². The second-order valence-electron chi connectivity index (χ2n) is 9.28. The molecule has 9 nitrogen and oxygen atoms in total. The monoisotopic (exact) mass is 618 g/mol. The predicted octanol–water partition coefficient (Wildman–Crippen LogP) is 5.43. The number of nitrogens with zero attached hydrogens (tertiary/aromatic N) is 4. The van der Waals surface area contributed by atoms with Crippen molar-refractivity contribution in [2.75, 3.05) is 12.4 Å². The predicted molar refractivity (Wildman–Crippen MR) is 146 cm³/mol. The van der Waals surface area contributed by atoms with E-state index in [0.717, 1.165) is 11.1 Å². The fourth-order valence-electron chi connectivity index (χ4n) is 4.65. The molecule has 3 N–H and O–H groups in total. The van der Waals surface area contributed by atoms with E-state index in [9.17, 15) is 31.5 Å². The first-order chi connectivity index (χ1) is 20.3. The Kier molecular flexibility index (Phi) is 7.56. The van der Waals surface area contributed by atoms with Crippen molar-refractivity contribution < 1.29 is 36.3 Å². The molecule has 0 bridgehead atoms. The van der Waals surface area contributed by atoms with Gasteiger partial charge in [-0.05, 0) is 59.7 Å². The molecule has 15 heteroatoms. The quantitative estimate of drug-likeness (QED) is 0.268. The zero-order chi connectivity index (χ0) is 31.1. The number of aromatic nitrogens is 2. The van der Waals surface area contributed by atoms with Gasteiger partial charge in [0, 0.05) is 17.8 Å². The summed E-state index contributed by atoms with van der Waals surface area (Å²) in [5.74, 6) is -2.02. The van der Waals surface area contributed by atoms with Crippen molar-refractivity contribution in [1.29, 1.82) is 0 Å². The molecule has 2 heterocycles. The average Bonchev–Trinajstić information content (AvgIpc) is 3.51. The summed E-state index contributed by atoms with van der Waals surface area (Å²) in [6.07, 6.45) is -4.16. The molecule has 0 fully saturated rings. The zero-order valence-electron chi connectivity index (χ0n) is 21.9. The van der Waals surface area contributed by atoms with E-state index in [1.54, 1.807) is 0 Å². The van der Waals surface area contributed by atoms with E-state index in [-0.39, 0.29) is 34.2 Å². The number of nitrogens with one attached hydrogen (secondary N) is 1. The summed E-state index contributed by atoms with van der Waals surface area (Å²) < 4.78 is 72.7. The van der Waals surface area contributed by atoms with Crippen LogP contribution in [0.2, 0.25) is 5.02 Å². The fraction of sp³-hybridized carbons (Fsp3) is 0.143. The van der Waals surface area contributed by atoms with Gasteiger partial charge in [0.2, 0.25) is 0 Å². The molecule has 1 unspecified atom stereocenters. The lowest BCUT2D eigenvalue weighted by Crippen LogP contribution is -2.41. The summed E-state index contributed by atoms with van der Waals surface area (Å²) in [4.78, 5) is 32.2. The Labute approximate surface area is 245 Å². The maximum Gasteiger partial charge on any atom is 0.434 e. The van der Waals surface area contributed by atoms with Crippen LogP contribution in [0.4, 0.5) is 27.6 Å². The van der Waals surface area contributed by atoms with Crippen molar-refractivity contribution in [2.24, 2.45) is 10.7 Å². The van der Waals surface area contributed by atoms with Gasteiger partial charge in [-0.3, -0.25) is 14.5 Å². The van der Waals surface area contributed by atoms with Crippen LogP contribution < -0.4 is 15.8 Å². The van der Waals surface area contributed by atoms with Gasteiger partial charge in [-0.15, -0.1) is 0 Å². The van der Waals surface area contributed by atoms with Gasteiger partial charge in [-0.25, -0.2) is 9.67 Å². The number of ether oxygens (including phenoxy) is 1. The van der Waals surface area contributed by atoms with E-state index in [1.165, 1.54) is 79.8 Å². The van der Waals surface area contributed by atoms with Crippen LogP contribution in [-0.4, -0.2) is 46.1 Å². The summed E-state index contributed by atoms with van der Waals surface area (Å²) in [5, 5.41) is 6.51. The number of amides is 2. The molecule has 1 aromatic heterocycles. The van der Waals surface area contributed by atoms with Gasteiger partial charge in [0.25, 0.3) is 11.8 Å². The molecular formula is C28H20ClF5N6O3. The molecule has 222 valence electrons. The minimum atomic E-state index is -4.96. The minimum Gasteiger partial charge on any atom is -0.435 e. The number of hydrogen-bond donors (Lipinski definition) is 2. The smallest absolute Gasteiger partial charge is 0.434 e. The number of carbonyl (C=O) groups is 2. The van der Waals surface area contributed by atoms with Crippen LogP contribution in [0.15, 0.2) is 84.0 Å². The first-order valence-electron chi connectivity index (χ1n) is 12.3. The molecule has 1 aliphatic heterocycles. The SMILES string of the molecule is CN1C(=O)C(c2ccc(OC(F)F)cc2)(c2cccc(NC(=O)c3cnn(-c4ccc(Cl)cc4)c3C(F)(F)F)c2)N=C1N. The molecule has 43 heavy (non-hydrogen) atoms. The van der Waals surface area contributed by atoms with Crippen LogP contribution in [-0.2, 0) is 16.5 Å². The Hall–Kier alpha value is -4.98. The summed E-state index contributed by atoms with van der Waals surface area (Å²) in [6, 6.07) is 16.3. The third-order valence-electron chi connectivity index (χ3n) is 6.63. The standard InChI is InChI=1S/C28H20ClF5N6O3/c1-39-24(42)27(38-26(39)35,15-5-11-20(12-6-15)43-25(30)31)16-3-2-4-18(13-16)37-23(41)21-14-36-40(22(21)28(32,33)34)19-9-7-17(29)8-10-19/h2-14,25H,1H3,(H2,35,38)(H,37,41). The number of alkyl halides is 5. The maximum atomic E-state index is 14.1. The van der Waals surface area contributed by atoms with Crippen LogP contribution in [0.3, 0.4) is 0 Å². The third kappa shape index (κ3) is 5.48. The first-order valence-corrected chi connectivity index (χ1v) is 12.7. The number of halogens is 6. The van der Waals surface area contributed by atoms with E-state index < -0.39 is 41.4 Å². The van der Waals surface area contributed by atoms with E-state index in [4.69, 9.17) is 17.3 Å². The van der Waals surface area contributed by atoms with Crippen molar-refractivity contribution in [3.05, 3.63) is 106 Å². The molecule has 5 rings (SSSR count). The van der Waals surface area contributed by atoms with Crippen molar-refractivity contribution >= 4 is 35.1 Å². The highest BCUT2D eigenvalue weighted by Gasteiger charge is 2.49. The van der Waals surface area contributed by atoms with Crippen LogP contribution in [0, 0.1) is 0 Å². The van der Waals surface area contributed by atoms with Crippen LogP contribution >= 0.6 is 11.6 Å². The normalized spacial score (nSPS) is 16.9. The molecule has 1 atom stereocenters. The lowest BCUT2D eigenvalue weighted by molar-refractivity contribution is -0.143. The van der Waals surface area contributed by atoms with Crippen LogP contribution in [0.5, 0.6) is 5.75 Å². The van der Waals surface area contributed by atoms with Gasteiger partial charge in [0.1, 0.15) is 5.75 Å². The number of hydrogen-bond acceptors (Lipinski definition) is 6. The van der Waals surface area contributed by atoms with Gasteiger partial charge < -0.3 is 15.8 Å². The van der Waals surface area contributed by atoms with Crippen molar-refractivity contribution in [2.45, 2.75) is 18.3 Å². The number of guanidine groups is 1. The van der Waals surface area contributed by atoms with Crippen molar-refractivity contribution in [3.63, 3.8) is 0 Å². The van der Waals surface area contributed by atoms with Gasteiger partial charge >= 0.3 is 12.8 Å². The molecule has 0 spiro atoms. The van der Waals surface area contributed by atoms with E-state index in [2.05, 4.69) is 20.1 Å². The number of aliphatic imine (C=N–C) groups is 1. The Balaban J connectivity index is 1.52. The number of benzene rings is 3. The van der Waals surface area contributed by atoms with Crippen molar-refractivity contribution in [3.8, 4) is 11.4 Å². The molecular weight excluding hydrogens is 599 g/mol. The van der Waals surface area contributed by atoms with Crippen LogP contribution in [0.25, 0.3) is 5.69 Å². The average molecular weight is 619 g/mol. The van der Waals surface area contributed by atoms with Crippen LogP contribution in [0.1, 0.15) is 27.2 Å². The molecule has 2 amide bonds. The zero-order valence-corrected chi connectivity index (χ0v) is 22.7. The number of carbonyl (C=O) groups excluding carboxylic acids is 2. The van der Waals surface area contributed by atoms with Gasteiger partial charge in [0.15, 0.2) is 17.2 Å². The fourth-order valence-corrected chi connectivity index (χ4v) is 4.77. The largest absolute Gasteiger partial charge is 0.435 e. The third-order valence-corrected chi connectivity index (χ3v) is 6.88. The highest BCUT2D eigenvalue weighted by molar-refractivity contribution is 6.30. The second kappa shape index (κ2) is 11.0. The van der Waals surface area contributed by atoms with Crippen molar-refractivity contribution in [1.82, 2.24) is 14.7 Å². The highest BCUT2D eigenvalue weighted by atomic mass is 35.5. The Morgan fingerprint density at radius 3 is 2.30 bits per heavy atom. The first kappa shape index (κ1) is 29.5. The summed E-state index contributed by atoms with van der Waals surface area (Å²) >= 11 is 5.85. The van der Waals surface area contributed by atoms with E-state index >= 15 is 0 Å². The second-order valence-corrected chi connectivity index (χ2v) is 9.71. The molecule has 0 saturated carbocycles. The summed E-state index contributed by atoms with van der Waals surface area (Å²) in [5.41, 5.74) is 2.60. The van der Waals surface area contributed by atoms with E-state index in [0.29, 0.717) is 9.70 Å². The van der Waals surface area contributed by atoms with Gasteiger partial charge in [-0.1, -0.05) is 35.9 Å². The molecule has 0 saturated heterocycles. The number of anilines is 1. The Morgan fingerprint density at radius 1 is 1.05 bits per heavy atom. The molecule has 3 aromatic carbocycles. The lowest BCUT2D eigenvalue weighted by atomic mass is 9.82. The maximum absolute atomic E-state index is 14.1. The summed E-state index contributed by atoms with van der Waals surface area (Å²) in [7, 11) is 1.39. The molecule has 1 aliphatic rings.